The van der Waals surface area contributed by atoms with Gasteiger partial charge in [0.1, 0.15) is 0 Å². The molecule has 38 heavy (non-hydrogen) atoms. The average Bonchev–Trinajstić information content (AvgIpc) is 2.84. The lowest BCUT2D eigenvalue weighted by Gasteiger charge is -2.48. The lowest BCUT2D eigenvalue weighted by molar-refractivity contribution is -0.401. The third-order valence-electron chi connectivity index (χ3n) is 7.32. The molecule has 1 rings (SSSR count). The highest BCUT2D eigenvalue weighted by Gasteiger charge is 2.57. The van der Waals surface area contributed by atoms with E-state index in [1.807, 2.05) is 0 Å². The smallest absolute Gasteiger partial charge is 0.220 e. The zero-order chi connectivity index (χ0) is 28.6. The van der Waals surface area contributed by atoms with Gasteiger partial charge in [-0.3, -0.25) is 9.80 Å². The van der Waals surface area contributed by atoms with Gasteiger partial charge in [-0.25, -0.2) is 0 Å². The Hall–Kier alpha value is -0.800. The molecule has 1 fully saturated rings. The van der Waals surface area contributed by atoms with Crippen molar-refractivity contribution in [3.8, 4) is 0 Å². The van der Waals surface area contributed by atoms with E-state index in [0.717, 1.165) is 74.0 Å². The third-order valence-corrected chi connectivity index (χ3v) is 7.32. The number of nitrogens with zero attached hydrogens (tertiary/aromatic N) is 6. The van der Waals surface area contributed by atoms with Crippen molar-refractivity contribution in [1.29, 1.82) is 0 Å². The quantitative estimate of drug-likeness (QED) is 0.0640. The molecule has 1 heterocycles. The maximum absolute atomic E-state index is 14.1. The van der Waals surface area contributed by atoms with Crippen molar-refractivity contribution >= 4 is 0 Å². The molecule has 0 bridgehead atoms. The van der Waals surface area contributed by atoms with Gasteiger partial charge in [-0.2, -0.15) is 0 Å². The Morgan fingerprint density at radius 1 is 0.421 bits per heavy atom. The predicted molar refractivity (Wildman–Crippen MR) is 131 cm³/mol. The summed E-state index contributed by atoms with van der Waals surface area (Å²) in [6, 6.07) is 0. The molecule has 0 atom stereocenters. The second-order valence-corrected chi connectivity index (χ2v) is 10.6. The van der Waals surface area contributed by atoms with Crippen LogP contribution in [-0.4, -0.2) is 81.8 Å². The maximum atomic E-state index is 14.1. The average molecular weight is 571 g/mol. The van der Waals surface area contributed by atoms with Gasteiger partial charge in [-0.15, -0.1) is 0 Å². The monoisotopic (exact) mass is 570 g/mol. The van der Waals surface area contributed by atoms with E-state index in [9.17, 15) is 35.9 Å². The third kappa shape index (κ3) is 11.0. The molecule has 0 N–H and O–H groups in total. The summed E-state index contributed by atoms with van der Waals surface area (Å²) >= 11 is 0. The molecule has 6 nitrogen and oxygen atoms in total. The fraction of sp³-hybridized carbons (Fsp3) is 1.00. The molecule has 228 valence electrons. The molecule has 0 aromatic carbocycles. The lowest BCUT2D eigenvalue weighted by Crippen LogP contribution is -2.71. The topological polar surface area (TPSA) is 19.4 Å². The van der Waals surface area contributed by atoms with Gasteiger partial charge in [0.05, 0.1) is 0 Å². The molecular formula is C24H46F8N6. The largest absolute Gasteiger partial charge is 0.296 e. The Balaban J connectivity index is 3.06. The van der Waals surface area contributed by atoms with Crippen LogP contribution < -0.4 is 0 Å². The van der Waals surface area contributed by atoms with Crippen molar-refractivity contribution in [3.05, 3.63) is 0 Å². The van der Waals surface area contributed by atoms with Crippen molar-refractivity contribution in [2.24, 2.45) is 0 Å². The minimum Gasteiger partial charge on any atom is -0.296 e. The second-order valence-electron chi connectivity index (χ2n) is 10.6. The first-order chi connectivity index (χ1) is 18.1. The summed E-state index contributed by atoms with van der Waals surface area (Å²) in [5.74, 6) is 0. The molecule has 0 radical (unpaired) electrons. The fourth-order valence-electron chi connectivity index (χ4n) is 5.09. The van der Waals surface area contributed by atoms with Crippen LogP contribution in [-0.2, 0) is 0 Å². The summed E-state index contributed by atoms with van der Waals surface area (Å²) in [6.07, 6.45) is 11.5. The molecule has 14 heteroatoms. The number of hydrogen-bond acceptors (Lipinski definition) is 6. The van der Waals surface area contributed by atoms with Crippen LogP contribution in [0.15, 0.2) is 0 Å². The van der Waals surface area contributed by atoms with E-state index in [1.165, 1.54) is 0 Å². The van der Waals surface area contributed by atoms with Gasteiger partial charge in [-0.1, -0.05) is 127 Å². The van der Waals surface area contributed by atoms with E-state index in [0.29, 0.717) is 25.7 Å². The Bertz CT molecular complexity index is 520. The highest BCUT2D eigenvalue weighted by Crippen LogP contribution is 2.34. The Labute approximate surface area is 221 Å². The molecule has 0 aliphatic carbocycles. The maximum Gasteiger partial charge on any atom is 0.220 e. The highest BCUT2D eigenvalue weighted by molar-refractivity contribution is 4.96. The molecular weight excluding hydrogens is 524 g/mol. The van der Waals surface area contributed by atoms with E-state index in [4.69, 9.17) is 0 Å². The Morgan fingerprint density at radius 2 is 0.658 bits per heavy atom. The summed E-state index contributed by atoms with van der Waals surface area (Å²) in [5, 5.41) is -6.50. The van der Waals surface area contributed by atoms with Crippen LogP contribution in [0.25, 0.3) is 0 Å². The molecule has 0 amide bonds. The van der Waals surface area contributed by atoms with Crippen LogP contribution in [0, 0.1) is 0 Å². The lowest BCUT2D eigenvalue weighted by atomic mass is 10.0. The Morgan fingerprint density at radius 3 is 0.895 bits per heavy atom. The molecule has 0 saturated carbocycles. The SMILES string of the molecule is CCCCCCCCCN1CC(N(F)F)(N(F)F)CN(CCCCCCCCC)CC(N(F)F)(N(F)F)C1. The van der Waals surface area contributed by atoms with Crippen LogP contribution in [0.2, 0.25) is 0 Å². The van der Waals surface area contributed by atoms with E-state index in [-0.39, 0.29) is 13.1 Å². The standard InChI is InChI=1S/C24H46F8N6/c1-3-5-7-9-11-13-15-17-33-19-23(35(25)26,36(27)28)21-34(18-16-14-12-10-8-6-4-2)22-24(20-33,37(29)30)38(31)32/h3-22H2,1-2H3. The van der Waals surface area contributed by atoms with Gasteiger partial charge >= 0.3 is 0 Å². The number of halogens is 8. The van der Waals surface area contributed by atoms with Gasteiger partial charge in [0.2, 0.25) is 11.3 Å². The van der Waals surface area contributed by atoms with Crippen LogP contribution in [0.5, 0.6) is 0 Å². The fourth-order valence-corrected chi connectivity index (χ4v) is 5.09. The van der Waals surface area contributed by atoms with Crippen LogP contribution in [0.4, 0.5) is 35.9 Å². The van der Waals surface area contributed by atoms with E-state index in [2.05, 4.69) is 13.8 Å². The normalized spacial score (nSPS) is 19.1. The molecule has 0 aromatic heterocycles. The summed E-state index contributed by atoms with van der Waals surface area (Å²) in [6.45, 7) is -0.491. The first kappa shape index (κ1) is 35.2. The molecule has 0 spiro atoms. The van der Waals surface area contributed by atoms with Gasteiger partial charge in [-0.05, 0) is 25.9 Å². The summed E-state index contributed by atoms with van der Waals surface area (Å²) in [4.78, 5) is 1.77. The number of hydrogen-bond donors (Lipinski definition) is 0. The van der Waals surface area contributed by atoms with E-state index in [1.54, 1.807) is 0 Å². The van der Waals surface area contributed by atoms with Gasteiger partial charge in [0, 0.05) is 47.6 Å². The van der Waals surface area contributed by atoms with Gasteiger partial charge in [0.15, 0.2) is 0 Å². The molecule has 1 saturated heterocycles. The molecule has 0 aromatic rings. The summed E-state index contributed by atoms with van der Waals surface area (Å²) < 4.78 is 112. The minimum atomic E-state index is -3.15. The molecule has 1 aliphatic rings. The van der Waals surface area contributed by atoms with Gasteiger partial charge in [0.25, 0.3) is 0 Å². The van der Waals surface area contributed by atoms with Crippen molar-refractivity contribution in [2.75, 3.05) is 39.3 Å². The number of unbranched alkanes of at least 4 members (excludes halogenated alkanes) is 12. The van der Waals surface area contributed by atoms with Crippen molar-refractivity contribution in [3.63, 3.8) is 0 Å². The first-order valence-corrected chi connectivity index (χ1v) is 14.0. The van der Waals surface area contributed by atoms with Crippen molar-refractivity contribution < 1.29 is 35.9 Å². The Kier molecular flexibility index (Phi) is 17.2. The minimum absolute atomic E-state index is 0.140. The number of rotatable bonds is 20. The summed E-state index contributed by atoms with van der Waals surface area (Å²) in [7, 11) is 0. The van der Waals surface area contributed by atoms with Crippen LogP contribution in [0.3, 0.4) is 0 Å². The van der Waals surface area contributed by atoms with E-state index < -0.39 is 58.9 Å². The van der Waals surface area contributed by atoms with Gasteiger partial charge < -0.3 is 0 Å². The first-order valence-electron chi connectivity index (χ1n) is 14.0. The van der Waals surface area contributed by atoms with E-state index >= 15 is 0 Å². The van der Waals surface area contributed by atoms with Crippen LogP contribution in [0.1, 0.15) is 104 Å². The summed E-state index contributed by atoms with van der Waals surface area (Å²) in [5.41, 5.74) is -6.30. The highest BCUT2D eigenvalue weighted by atomic mass is 19.4. The van der Waals surface area contributed by atoms with Crippen molar-refractivity contribution in [1.82, 2.24) is 31.2 Å². The zero-order valence-electron chi connectivity index (χ0n) is 22.8. The molecule has 1 aliphatic heterocycles. The molecule has 0 unspecified atom stereocenters. The van der Waals surface area contributed by atoms with Crippen molar-refractivity contribution in [2.45, 2.75) is 115 Å². The van der Waals surface area contributed by atoms with Crippen LogP contribution >= 0.6 is 0 Å². The zero-order valence-corrected chi connectivity index (χ0v) is 22.8. The predicted octanol–water partition coefficient (Wildman–Crippen LogP) is 7.78. The second kappa shape index (κ2) is 18.5.